The number of ether oxygens (including phenoxy) is 1. The van der Waals surface area contributed by atoms with Crippen LogP contribution in [0.15, 0.2) is 41.0 Å². The molecule has 1 aromatic heterocycles. The van der Waals surface area contributed by atoms with Gasteiger partial charge in [0.2, 0.25) is 0 Å². The number of carbonyl (C=O) groups is 1. The molecule has 2 aromatic rings. The molecule has 6 heteroatoms. The molecule has 1 atom stereocenters. The molecule has 1 amide bonds. The predicted octanol–water partition coefficient (Wildman–Crippen LogP) is 2.37. The van der Waals surface area contributed by atoms with Gasteiger partial charge in [0.1, 0.15) is 11.6 Å². The van der Waals surface area contributed by atoms with Crippen LogP contribution < -0.4 is 15.8 Å². The normalized spacial score (nSPS) is 16.4. The number of nitrogens with one attached hydrogen (secondary N) is 1. The minimum atomic E-state index is -0.529. The van der Waals surface area contributed by atoms with E-state index in [4.69, 9.17) is 10.5 Å². The number of halogens is 1. The number of carbonyl (C=O) groups excluding carboxylic acids is 1. The minimum Gasteiger partial charge on any atom is -0.480 e. The van der Waals surface area contributed by atoms with Gasteiger partial charge in [-0.15, -0.1) is 0 Å². The maximum Gasteiger partial charge on any atom is 0.266 e. The fraction of sp³-hybridized carbons (Fsp3) is 0.143. The number of benzene rings is 1. The number of anilines is 2. The van der Waals surface area contributed by atoms with Crippen molar-refractivity contribution in [1.29, 1.82) is 0 Å². The molecule has 0 aliphatic carbocycles. The van der Waals surface area contributed by atoms with E-state index in [-0.39, 0.29) is 5.91 Å². The second-order valence-corrected chi connectivity index (χ2v) is 5.36. The first-order valence-electron chi connectivity index (χ1n) is 6.10. The number of pyridine rings is 1. The number of fused-ring (bicyclic) bond motifs is 1. The second kappa shape index (κ2) is 5.13. The van der Waals surface area contributed by atoms with Crippen molar-refractivity contribution in [1.82, 2.24) is 4.98 Å². The third-order valence-electron chi connectivity index (χ3n) is 3.04. The Kier molecular flexibility index (Phi) is 3.31. The number of nitrogens with zero attached hydrogens (tertiary/aromatic N) is 1. The monoisotopic (exact) mass is 333 g/mol. The van der Waals surface area contributed by atoms with Gasteiger partial charge in [0.05, 0.1) is 16.4 Å². The van der Waals surface area contributed by atoms with E-state index in [1.54, 1.807) is 6.07 Å². The Bertz CT molecular complexity index is 650. The average molecular weight is 334 g/mol. The van der Waals surface area contributed by atoms with Crippen molar-refractivity contribution in [2.75, 3.05) is 11.1 Å². The predicted molar refractivity (Wildman–Crippen MR) is 79.5 cm³/mol. The largest absolute Gasteiger partial charge is 0.480 e. The molecule has 0 saturated heterocycles. The summed E-state index contributed by atoms with van der Waals surface area (Å²) in [6, 6.07) is 9.32. The van der Waals surface area contributed by atoms with Crippen LogP contribution in [0.25, 0.3) is 0 Å². The lowest BCUT2D eigenvalue weighted by atomic mass is 10.1. The maximum absolute atomic E-state index is 12.2. The molecule has 1 aliphatic rings. The zero-order valence-electron chi connectivity index (χ0n) is 10.5. The Labute approximate surface area is 124 Å². The molecule has 3 N–H and O–H groups in total. The van der Waals surface area contributed by atoms with Crippen LogP contribution in [0.5, 0.6) is 5.75 Å². The number of hydrogen-bond acceptors (Lipinski definition) is 4. The number of nitrogen functional groups attached to an aromatic ring is 1. The van der Waals surface area contributed by atoms with Crippen molar-refractivity contribution in [3.8, 4) is 5.75 Å². The summed E-state index contributed by atoms with van der Waals surface area (Å²) in [5.41, 5.74) is 7.17. The number of rotatable bonds is 2. The third-order valence-corrected chi connectivity index (χ3v) is 3.65. The average Bonchev–Trinajstić information content (AvgIpc) is 2.86. The topological polar surface area (TPSA) is 77.2 Å². The van der Waals surface area contributed by atoms with E-state index in [0.717, 1.165) is 11.3 Å². The van der Waals surface area contributed by atoms with Crippen LogP contribution in [0.1, 0.15) is 5.56 Å². The summed E-state index contributed by atoms with van der Waals surface area (Å²) in [6.45, 7) is 0. The van der Waals surface area contributed by atoms with Crippen LogP contribution in [0.2, 0.25) is 0 Å². The van der Waals surface area contributed by atoms with Gasteiger partial charge in [-0.3, -0.25) is 4.79 Å². The van der Waals surface area contributed by atoms with E-state index in [9.17, 15) is 4.79 Å². The Hall–Kier alpha value is -2.08. The fourth-order valence-corrected chi connectivity index (χ4v) is 2.54. The number of hydrogen-bond donors (Lipinski definition) is 2. The minimum absolute atomic E-state index is 0.223. The molecule has 0 spiro atoms. The molecule has 2 heterocycles. The van der Waals surface area contributed by atoms with Gasteiger partial charge in [-0.1, -0.05) is 18.2 Å². The first-order chi connectivity index (χ1) is 9.63. The molecule has 20 heavy (non-hydrogen) atoms. The van der Waals surface area contributed by atoms with E-state index in [2.05, 4.69) is 26.2 Å². The molecule has 3 rings (SSSR count). The standard InChI is InChI=1S/C14H12BrN3O2/c15-10-6-9(16)7-17-13(10)18-14(19)12-5-8-3-1-2-4-11(8)20-12/h1-4,6-7,12H,5,16H2,(H,17,18,19). The molecule has 1 aliphatic heterocycles. The van der Waals surface area contributed by atoms with E-state index >= 15 is 0 Å². The first kappa shape index (κ1) is 12.9. The summed E-state index contributed by atoms with van der Waals surface area (Å²) in [5.74, 6) is 0.972. The molecule has 0 bridgehead atoms. The van der Waals surface area contributed by atoms with Crippen molar-refractivity contribution < 1.29 is 9.53 Å². The molecule has 1 aromatic carbocycles. The Morgan fingerprint density at radius 2 is 2.25 bits per heavy atom. The zero-order chi connectivity index (χ0) is 14.1. The number of nitrogens with two attached hydrogens (primary N) is 1. The van der Waals surface area contributed by atoms with E-state index in [1.165, 1.54) is 6.20 Å². The van der Waals surface area contributed by atoms with Gasteiger partial charge in [0.25, 0.3) is 5.91 Å². The van der Waals surface area contributed by atoms with Crippen molar-refractivity contribution in [2.24, 2.45) is 0 Å². The number of aromatic nitrogens is 1. The summed E-state index contributed by atoms with van der Waals surface area (Å²) >= 11 is 3.31. The lowest BCUT2D eigenvalue weighted by molar-refractivity contribution is -0.122. The molecule has 102 valence electrons. The molecule has 0 saturated carbocycles. The van der Waals surface area contributed by atoms with Gasteiger partial charge >= 0.3 is 0 Å². The molecular weight excluding hydrogens is 322 g/mol. The van der Waals surface area contributed by atoms with Crippen molar-refractivity contribution in [3.05, 3.63) is 46.6 Å². The quantitative estimate of drug-likeness (QED) is 0.884. The van der Waals surface area contributed by atoms with Crippen LogP contribution in [0.3, 0.4) is 0 Å². The van der Waals surface area contributed by atoms with Crippen LogP contribution in [-0.4, -0.2) is 17.0 Å². The van der Waals surface area contributed by atoms with Gasteiger partial charge in [-0.2, -0.15) is 0 Å². The Balaban J connectivity index is 1.72. The molecular formula is C14H12BrN3O2. The van der Waals surface area contributed by atoms with Gasteiger partial charge in [-0.05, 0) is 33.6 Å². The van der Waals surface area contributed by atoms with Gasteiger partial charge in [0.15, 0.2) is 6.10 Å². The lowest BCUT2D eigenvalue weighted by Gasteiger charge is -2.12. The fourth-order valence-electron chi connectivity index (χ4n) is 2.07. The first-order valence-corrected chi connectivity index (χ1v) is 6.89. The number of amides is 1. The SMILES string of the molecule is Nc1cnc(NC(=O)C2Cc3ccccc3O2)c(Br)c1. The lowest BCUT2D eigenvalue weighted by Crippen LogP contribution is -2.31. The van der Waals surface area contributed by atoms with Crippen LogP contribution >= 0.6 is 15.9 Å². The van der Waals surface area contributed by atoms with Gasteiger partial charge in [-0.25, -0.2) is 4.98 Å². The Morgan fingerprint density at radius 3 is 3.00 bits per heavy atom. The summed E-state index contributed by atoms with van der Waals surface area (Å²) in [5, 5.41) is 2.74. The van der Waals surface area contributed by atoms with Gasteiger partial charge in [0, 0.05) is 6.42 Å². The summed E-state index contributed by atoms with van der Waals surface area (Å²) in [4.78, 5) is 16.3. The second-order valence-electron chi connectivity index (χ2n) is 4.51. The van der Waals surface area contributed by atoms with Crippen LogP contribution in [0.4, 0.5) is 11.5 Å². The van der Waals surface area contributed by atoms with Gasteiger partial charge < -0.3 is 15.8 Å². The van der Waals surface area contributed by atoms with E-state index in [0.29, 0.717) is 22.4 Å². The Morgan fingerprint density at radius 1 is 1.45 bits per heavy atom. The van der Waals surface area contributed by atoms with Crippen LogP contribution in [-0.2, 0) is 11.2 Å². The highest BCUT2D eigenvalue weighted by atomic mass is 79.9. The van der Waals surface area contributed by atoms with E-state index in [1.807, 2.05) is 24.3 Å². The molecule has 0 radical (unpaired) electrons. The molecule has 1 unspecified atom stereocenters. The smallest absolute Gasteiger partial charge is 0.266 e. The zero-order valence-corrected chi connectivity index (χ0v) is 12.1. The highest BCUT2D eigenvalue weighted by molar-refractivity contribution is 9.10. The third kappa shape index (κ3) is 2.46. The van der Waals surface area contributed by atoms with Crippen molar-refractivity contribution in [2.45, 2.75) is 12.5 Å². The molecule has 0 fully saturated rings. The highest BCUT2D eigenvalue weighted by Crippen LogP contribution is 2.29. The van der Waals surface area contributed by atoms with Crippen LogP contribution in [0, 0.1) is 0 Å². The molecule has 5 nitrogen and oxygen atoms in total. The van der Waals surface area contributed by atoms with Crippen molar-refractivity contribution >= 4 is 33.3 Å². The van der Waals surface area contributed by atoms with Crippen molar-refractivity contribution in [3.63, 3.8) is 0 Å². The maximum atomic E-state index is 12.2. The number of para-hydroxylation sites is 1. The summed E-state index contributed by atoms with van der Waals surface area (Å²) < 4.78 is 6.26. The summed E-state index contributed by atoms with van der Waals surface area (Å²) in [7, 11) is 0. The summed E-state index contributed by atoms with van der Waals surface area (Å²) in [6.07, 6.45) is 1.53. The van der Waals surface area contributed by atoms with E-state index < -0.39 is 6.10 Å². The highest BCUT2D eigenvalue weighted by Gasteiger charge is 2.29.